The van der Waals surface area contributed by atoms with Crippen LogP contribution >= 0.6 is 0 Å². The van der Waals surface area contributed by atoms with Gasteiger partial charge in [0.05, 0.1) is 17.2 Å². The number of nitrogens with zero attached hydrogens (tertiary/aromatic N) is 2. The number of aryl methyl sites for hydroxylation is 1. The standard InChI is InChI=1S/C11H13N3O/c1-2-5-14-7-13-10-4-3-8(12)6-9(10)11(14)15/h3-4,6-7H,2,5,12H2,1H3. The van der Waals surface area contributed by atoms with Gasteiger partial charge in [0.2, 0.25) is 0 Å². The molecule has 15 heavy (non-hydrogen) atoms. The van der Waals surface area contributed by atoms with Crippen LogP contribution in [0.3, 0.4) is 0 Å². The Labute approximate surface area is 87.4 Å². The van der Waals surface area contributed by atoms with Crippen molar-refractivity contribution >= 4 is 16.6 Å². The van der Waals surface area contributed by atoms with Gasteiger partial charge in [0.1, 0.15) is 0 Å². The minimum atomic E-state index is -0.0193. The number of nitrogen functional groups attached to an aromatic ring is 1. The summed E-state index contributed by atoms with van der Waals surface area (Å²) in [6, 6.07) is 5.19. The van der Waals surface area contributed by atoms with Crippen LogP contribution in [0, 0.1) is 0 Å². The predicted molar refractivity (Wildman–Crippen MR) is 60.7 cm³/mol. The molecule has 0 aliphatic rings. The van der Waals surface area contributed by atoms with Gasteiger partial charge in [-0.05, 0) is 24.6 Å². The molecule has 2 N–H and O–H groups in total. The maximum Gasteiger partial charge on any atom is 0.261 e. The quantitative estimate of drug-likeness (QED) is 0.750. The molecule has 1 aromatic heterocycles. The fraction of sp³-hybridized carbons (Fsp3) is 0.273. The van der Waals surface area contributed by atoms with Crippen LogP contribution in [0.25, 0.3) is 10.9 Å². The Balaban J connectivity index is 2.71. The fourth-order valence-electron chi connectivity index (χ4n) is 1.58. The van der Waals surface area contributed by atoms with Crippen LogP contribution in [0.4, 0.5) is 5.69 Å². The van der Waals surface area contributed by atoms with E-state index >= 15 is 0 Å². The van der Waals surface area contributed by atoms with Crippen molar-refractivity contribution in [2.24, 2.45) is 0 Å². The van der Waals surface area contributed by atoms with Gasteiger partial charge in [-0.3, -0.25) is 9.36 Å². The number of rotatable bonds is 2. The number of hydrogen-bond acceptors (Lipinski definition) is 3. The molecule has 0 aliphatic carbocycles. The first-order valence-electron chi connectivity index (χ1n) is 4.97. The van der Waals surface area contributed by atoms with E-state index in [1.165, 1.54) is 0 Å². The minimum absolute atomic E-state index is 0.0193. The molecule has 1 heterocycles. The molecule has 2 aromatic rings. The van der Waals surface area contributed by atoms with Gasteiger partial charge in [-0.25, -0.2) is 4.98 Å². The summed E-state index contributed by atoms with van der Waals surface area (Å²) in [5.41, 5.74) is 6.91. The summed E-state index contributed by atoms with van der Waals surface area (Å²) in [4.78, 5) is 16.1. The molecule has 1 aromatic carbocycles. The van der Waals surface area contributed by atoms with Crippen molar-refractivity contribution in [3.05, 3.63) is 34.9 Å². The van der Waals surface area contributed by atoms with Crippen LogP contribution in [0.15, 0.2) is 29.3 Å². The molecule has 0 bridgehead atoms. The summed E-state index contributed by atoms with van der Waals surface area (Å²) in [5, 5.41) is 0.589. The van der Waals surface area contributed by atoms with Crippen molar-refractivity contribution in [1.82, 2.24) is 9.55 Å². The van der Waals surface area contributed by atoms with Crippen molar-refractivity contribution in [2.45, 2.75) is 19.9 Å². The van der Waals surface area contributed by atoms with Crippen molar-refractivity contribution in [3.8, 4) is 0 Å². The third kappa shape index (κ3) is 1.70. The molecule has 0 unspecified atom stereocenters. The van der Waals surface area contributed by atoms with Gasteiger partial charge in [-0.15, -0.1) is 0 Å². The summed E-state index contributed by atoms with van der Waals surface area (Å²) in [6.07, 6.45) is 2.50. The van der Waals surface area contributed by atoms with Gasteiger partial charge in [-0.1, -0.05) is 6.92 Å². The molecule has 0 saturated carbocycles. The molecule has 0 radical (unpaired) electrons. The Morgan fingerprint density at radius 3 is 3.00 bits per heavy atom. The number of hydrogen-bond donors (Lipinski definition) is 1. The zero-order chi connectivity index (χ0) is 10.8. The predicted octanol–water partition coefficient (Wildman–Crippen LogP) is 1.39. The third-order valence-electron chi connectivity index (χ3n) is 2.31. The average Bonchev–Trinajstić information content (AvgIpc) is 2.23. The Hall–Kier alpha value is -1.84. The molecule has 2 rings (SSSR count). The second-order valence-corrected chi connectivity index (χ2v) is 3.52. The first-order valence-corrected chi connectivity index (χ1v) is 4.97. The SMILES string of the molecule is CCCn1cnc2ccc(N)cc2c1=O. The number of anilines is 1. The fourth-order valence-corrected chi connectivity index (χ4v) is 1.58. The van der Waals surface area contributed by atoms with Gasteiger partial charge in [0.25, 0.3) is 5.56 Å². The third-order valence-corrected chi connectivity index (χ3v) is 2.31. The first kappa shape index (κ1) is 9.71. The molecule has 0 atom stereocenters. The van der Waals surface area contributed by atoms with Crippen LogP contribution in [0.2, 0.25) is 0 Å². The summed E-state index contributed by atoms with van der Waals surface area (Å²) < 4.78 is 1.61. The molecule has 0 fully saturated rings. The van der Waals surface area contributed by atoms with Gasteiger partial charge in [0.15, 0.2) is 0 Å². The Morgan fingerprint density at radius 1 is 1.47 bits per heavy atom. The lowest BCUT2D eigenvalue weighted by Gasteiger charge is -2.04. The van der Waals surface area contributed by atoms with Crippen LogP contribution in [0.1, 0.15) is 13.3 Å². The Bertz CT molecular complexity index is 545. The van der Waals surface area contributed by atoms with Crippen molar-refractivity contribution in [2.75, 3.05) is 5.73 Å². The highest BCUT2D eigenvalue weighted by molar-refractivity contribution is 5.80. The molecule has 0 spiro atoms. The van der Waals surface area contributed by atoms with Crippen molar-refractivity contribution in [1.29, 1.82) is 0 Å². The lowest BCUT2D eigenvalue weighted by molar-refractivity contribution is 0.648. The minimum Gasteiger partial charge on any atom is -0.399 e. The first-order chi connectivity index (χ1) is 7.22. The van der Waals surface area contributed by atoms with E-state index in [-0.39, 0.29) is 5.56 Å². The smallest absolute Gasteiger partial charge is 0.261 e. The molecule has 78 valence electrons. The zero-order valence-electron chi connectivity index (χ0n) is 8.60. The normalized spacial score (nSPS) is 10.7. The Morgan fingerprint density at radius 2 is 2.27 bits per heavy atom. The Kier molecular flexibility index (Phi) is 2.41. The largest absolute Gasteiger partial charge is 0.399 e. The molecule has 0 saturated heterocycles. The number of aromatic nitrogens is 2. The summed E-state index contributed by atoms with van der Waals surface area (Å²) in [7, 11) is 0. The lowest BCUT2D eigenvalue weighted by atomic mass is 10.2. The van der Waals surface area contributed by atoms with Gasteiger partial charge in [0, 0.05) is 12.2 Å². The van der Waals surface area contributed by atoms with E-state index in [1.54, 1.807) is 29.1 Å². The van der Waals surface area contributed by atoms with E-state index in [2.05, 4.69) is 4.98 Å². The monoisotopic (exact) mass is 203 g/mol. The molecular formula is C11H13N3O. The van der Waals surface area contributed by atoms with E-state index in [0.29, 0.717) is 23.1 Å². The number of benzene rings is 1. The lowest BCUT2D eigenvalue weighted by Crippen LogP contribution is -2.20. The van der Waals surface area contributed by atoms with Gasteiger partial charge < -0.3 is 5.73 Å². The highest BCUT2D eigenvalue weighted by Crippen LogP contribution is 2.10. The van der Waals surface area contributed by atoms with E-state index < -0.39 is 0 Å². The molecule has 0 amide bonds. The van der Waals surface area contributed by atoms with Crippen LogP contribution < -0.4 is 11.3 Å². The van der Waals surface area contributed by atoms with Crippen LogP contribution in [-0.2, 0) is 6.54 Å². The van der Waals surface area contributed by atoms with Crippen LogP contribution in [-0.4, -0.2) is 9.55 Å². The maximum atomic E-state index is 11.9. The highest BCUT2D eigenvalue weighted by atomic mass is 16.1. The number of fused-ring (bicyclic) bond motifs is 1. The van der Waals surface area contributed by atoms with Crippen LogP contribution in [0.5, 0.6) is 0 Å². The van der Waals surface area contributed by atoms with E-state index in [0.717, 1.165) is 6.42 Å². The summed E-state index contributed by atoms with van der Waals surface area (Å²) >= 11 is 0. The second kappa shape index (κ2) is 3.73. The van der Waals surface area contributed by atoms with Crippen molar-refractivity contribution < 1.29 is 0 Å². The van der Waals surface area contributed by atoms with E-state index in [1.807, 2.05) is 6.92 Å². The zero-order valence-corrected chi connectivity index (χ0v) is 8.60. The van der Waals surface area contributed by atoms with Gasteiger partial charge >= 0.3 is 0 Å². The second-order valence-electron chi connectivity index (χ2n) is 3.52. The van der Waals surface area contributed by atoms with Crippen molar-refractivity contribution in [3.63, 3.8) is 0 Å². The van der Waals surface area contributed by atoms with E-state index in [9.17, 15) is 4.79 Å². The molecule has 4 nitrogen and oxygen atoms in total. The molecular weight excluding hydrogens is 190 g/mol. The highest BCUT2D eigenvalue weighted by Gasteiger charge is 2.03. The number of nitrogens with two attached hydrogens (primary N) is 1. The average molecular weight is 203 g/mol. The van der Waals surface area contributed by atoms with E-state index in [4.69, 9.17) is 5.73 Å². The molecule has 0 aliphatic heterocycles. The topological polar surface area (TPSA) is 60.9 Å². The molecule has 4 heteroatoms. The summed E-state index contributed by atoms with van der Waals surface area (Å²) in [5.74, 6) is 0. The summed E-state index contributed by atoms with van der Waals surface area (Å²) in [6.45, 7) is 2.71. The van der Waals surface area contributed by atoms with Gasteiger partial charge in [-0.2, -0.15) is 0 Å². The maximum absolute atomic E-state index is 11.9.